The van der Waals surface area contributed by atoms with E-state index in [1.807, 2.05) is 25.5 Å². The molecule has 0 saturated heterocycles. The zero-order valence-corrected chi connectivity index (χ0v) is 12.6. The number of halogens is 1. The summed E-state index contributed by atoms with van der Waals surface area (Å²) in [6.45, 7) is 9.55. The Morgan fingerprint density at radius 1 is 1.47 bits per heavy atom. The Morgan fingerprint density at radius 2 is 2.12 bits per heavy atom. The molecular weight excluding hydrogens is 282 g/mol. The van der Waals surface area contributed by atoms with Crippen molar-refractivity contribution < 1.29 is 4.74 Å². The Bertz CT molecular complexity index is 363. The van der Waals surface area contributed by atoms with E-state index in [9.17, 15) is 0 Å². The van der Waals surface area contributed by atoms with Crippen LogP contribution in [0.3, 0.4) is 0 Å². The van der Waals surface area contributed by atoms with Crippen LogP contribution < -0.4 is 5.73 Å². The molecule has 1 aromatic heterocycles. The van der Waals surface area contributed by atoms with Crippen LogP contribution in [0.25, 0.3) is 0 Å². The average molecular weight is 304 g/mol. The second kappa shape index (κ2) is 6.52. The highest BCUT2D eigenvalue weighted by molar-refractivity contribution is 9.10. The van der Waals surface area contributed by atoms with E-state index in [1.165, 1.54) is 0 Å². The number of hydrogen-bond donors (Lipinski definition) is 1. The monoisotopic (exact) mass is 303 g/mol. The minimum atomic E-state index is 0.00935. The molecule has 0 radical (unpaired) electrons. The molecule has 0 spiro atoms. The van der Waals surface area contributed by atoms with Crippen LogP contribution in [0.4, 0.5) is 0 Å². The van der Waals surface area contributed by atoms with Crippen molar-refractivity contribution in [2.24, 2.45) is 5.73 Å². The number of hydrogen-bond acceptors (Lipinski definition) is 3. The van der Waals surface area contributed by atoms with Gasteiger partial charge in [0.25, 0.3) is 0 Å². The van der Waals surface area contributed by atoms with Gasteiger partial charge >= 0.3 is 0 Å². The summed E-state index contributed by atoms with van der Waals surface area (Å²) >= 11 is 3.57. The minimum absolute atomic E-state index is 0.00935. The SMILES string of the molecule is CCn1nc(C)c(Br)c1CC(N)COC(C)C. The first-order chi connectivity index (χ1) is 7.95. The van der Waals surface area contributed by atoms with Gasteiger partial charge in [-0.3, -0.25) is 4.68 Å². The minimum Gasteiger partial charge on any atom is -0.377 e. The molecule has 0 aliphatic heterocycles. The van der Waals surface area contributed by atoms with Gasteiger partial charge in [-0.05, 0) is 43.6 Å². The Hall–Kier alpha value is -0.390. The van der Waals surface area contributed by atoms with Gasteiger partial charge in [-0.25, -0.2) is 0 Å². The molecule has 0 bridgehead atoms. The summed E-state index contributed by atoms with van der Waals surface area (Å²) in [5, 5.41) is 4.45. The van der Waals surface area contributed by atoms with Crippen LogP contribution in [0, 0.1) is 6.92 Å². The zero-order chi connectivity index (χ0) is 13.0. The molecule has 0 amide bonds. The van der Waals surface area contributed by atoms with E-state index in [0.717, 1.165) is 28.8 Å². The maximum absolute atomic E-state index is 6.07. The van der Waals surface area contributed by atoms with Crippen LogP contribution in [0.2, 0.25) is 0 Å². The molecule has 17 heavy (non-hydrogen) atoms. The van der Waals surface area contributed by atoms with Crippen molar-refractivity contribution in [1.82, 2.24) is 9.78 Å². The van der Waals surface area contributed by atoms with Crippen LogP contribution in [-0.4, -0.2) is 28.5 Å². The van der Waals surface area contributed by atoms with Gasteiger partial charge in [-0.2, -0.15) is 5.10 Å². The summed E-state index contributed by atoms with van der Waals surface area (Å²) < 4.78 is 8.59. The van der Waals surface area contributed by atoms with Crippen molar-refractivity contribution in [3.63, 3.8) is 0 Å². The first kappa shape index (κ1) is 14.7. The molecule has 4 nitrogen and oxygen atoms in total. The van der Waals surface area contributed by atoms with E-state index in [2.05, 4.69) is 28.0 Å². The van der Waals surface area contributed by atoms with E-state index in [4.69, 9.17) is 10.5 Å². The van der Waals surface area contributed by atoms with Gasteiger partial charge in [-0.15, -0.1) is 0 Å². The smallest absolute Gasteiger partial charge is 0.0738 e. The second-order valence-corrected chi connectivity index (χ2v) is 5.30. The first-order valence-corrected chi connectivity index (χ1v) is 6.83. The van der Waals surface area contributed by atoms with Crippen LogP contribution in [0.15, 0.2) is 4.47 Å². The largest absolute Gasteiger partial charge is 0.377 e. The van der Waals surface area contributed by atoms with Crippen molar-refractivity contribution >= 4 is 15.9 Å². The van der Waals surface area contributed by atoms with Crippen molar-refractivity contribution in [3.8, 4) is 0 Å². The van der Waals surface area contributed by atoms with Crippen molar-refractivity contribution in [3.05, 3.63) is 15.9 Å². The van der Waals surface area contributed by atoms with E-state index in [-0.39, 0.29) is 12.1 Å². The zero-order valence-electron chi connectivity index (χ0n) is 11.0. The summed E-state index contributed by atoms with van der Waals surface area (Å²) in [5.74, 6) is 0. The number of aryl methyl sites for hydroxylation is 2. The lowest BCUT2D eigenvalue weighted by Gasteiger charge is -2.15. The molecule has 0 aliphatic rings. The molecule has 98 valence electrons. The van der Waals surface area contributed by atoms with Crippen molar-refractivity contribution in [2.45, 2.75) is 52.8 Å². The van der Waals surface area contributed by atoms with Crippen LogP contribution in [0.5, 0.6) is 0 Å². The molecule has 1 aromatic rings. The third-order valence-corrected chi connectivity index (χ3v) is 3.58. The van der Waals surface area contributed by atoms with Crippen molar-refractivity contribution in [2.75, 3.05) is 6.61 Å². The van der Waals surface area contributed by atoms with Crippen LogP contribution in [0.1, 0.15) is 32.2 Å². The molecule has 0 saturated carbocycles. The molecule has 1 atom stereocenters. The van der Waals surface area contributed by atoms with Crippen LogP contribution in [-0.2, 0) is 17.7 Å². The quantitative estimate of drug-likeness (QED) is 0.877. The fraction of sp³-hybridized carbons (Fsp3) is 0.750. The first-order valence-electron chi connectivity index (χ1n) is 6.04. The molecular formula is C12H22BrN3O. The van der Waals surface area contributed by atoms with Gasteiger partial charge in [0.05, 0.1) is 28.6 Å². The third kappa shape index (κ3) is 4.08. The topological polar surface area (TPSA) is 53.1 Å². The summed E-state index contributed by atoms with van der Waals surface area (Å²) in [4.78, 5) is 0. The summed E-state index contributed by atoms with van der Waals surface area (Å²) in [6.07, 6.45) is 1.00. The Kier molecular flexibility index (Phi) is 5.62. The van der Waals surface area contributed by atoms with Crippen molar-refractivity contribution in [1.29, 1.82) is 0 Å². The van der Waals surface area contributed by atoms with E-state index < -0.39 is 0 Å². The van der Waals surface area contributed by atoms with Gasteiger partial charge in [0.15, 0.2) is 0 Å². The third-order valence-electron chi connectivity index (χ3n) is 2.55. The Morgan fingerprint density at radius 3 is 2.65 bits per heavy atom. The lowest BCUT2D eigenvalue weighted by atomic mass is 10.1. The van der Waals surface area contributed by atoms with Gasteiger partial charge in [-0.1, -0.05) is 0 Å². The highest BCUT2D eigenvalue weighted by Gasteiger charge is 2.15. The average Bonchev–Trinajstić information content (AvgIpc) is 2.54. The fourth-order valence-corrected chi connectivity index (χ4v) is 2.13. The fourth-order valence-electron chi connectivity index (χ4n) is 1.69. The number of aromatic nitrogens is 2. The molecule has 2 N–H and O–H groups in total. The molecule has 0 fully saturated rings. The van der Waals surface area contributed by atoms with Gasteiger partial charge in [0.1, 0.15) is 0 Å². The summed E-state index contributed by atoms with van der Waals surface area (Å²) in [6, 6.07) is 0.00935. The molecule has 1 heterocycles. The van der Waals surface area contributed by atoms with Gasteiger partial charge in [0.2, 0.25) is 0 Å². The standard InChI is InChI=1S/C12H22BrN3O/c1-5-16-11(12(13)9(4)15-16)6-10(14)7-17-8(2)3/h8,10H,5-7,14H2,1-4H3. The Balaban J connectivity index is 2.67. The maximum atomic E-state index is 6.07. The number of nitrogens with two attached hydrogens (primary N) is 1. The van der Waals surface area contributed by atoms with Crippen LogP contribution >= 0.6 is 15.9 Å². The Labute approximate surface area is 112 Å². The van der Waals surface area contributed by atoms with E-state index >= 15 is 0 Å². The second-order valence-electron chi connectivity index (χ2n) is 4.51. The summed E-state index contributed by atoms with van der Waals surface area (Å²) in [5.41, 5.74) is 8.24. The lowest BCUT2D eigenvalue weighted by Crippen LogP contribution is -2.31. The predicted octanol–water partition coefficient (Wildman–Crippen LogP) is 2.27. The van der Waals surface area contributed by atoms with E-state index in [1.54, 1.807) is 0 Å². The molecule has 1 rings (SSSR count). The van der Waals surface area contributed by atoms with Gasteiger partial charge < -0.3 is 10.5 Å². The molecule has 0 aromatic carbocycles. The summed E-state index contributed by atoms with van der Waals surface area (Å²) in [7, 11) is 0. The van der Waals surface area contributed by atoms with Gasteiger partial charge in [0, 0.05) is 19.0 Å². The predicted molar refractivity (Wildman–Crippen MR) is 73.1 cm³/mol. The molecule has 1 unspecified atom stereocenters. The normalized spacial score (nSPS) is 13.4. The highest BCUT2D eigenvalue weighted by Crippen LogP contribution is 2.22. The highest BCUT2D eigenvalue weighted by atomic mass is 79.9. The number of rotatable bonds is 6. The van der Waals surface area contributed by atoms with E-state index in [0.29, 0.717) is 6.61 Å². The molecule has 0 aliphatic carbocycles. The molecule has 5 heteroatoms. The number of ether oxygens (including phenoxy) is 1. The lowest BCUT2D eigenvalue weighted by molar-refractivity contribution is 0.0680. The number of nitrogens with zero attached hydrogens (tertiary/aromatic N) is 2. The maximum Gasteiger partial charge on any atom is 0.0738 e.